The number of nitrogens with zero attached hydrogens (tertiary/aromatic N) is 1. The first kappa shape index (κ1) is 34.2. The second kappa shape index (κ2) is 15.6. The van der Waals surface area contributed by atoms with Gasteiger partial charge in [0.2, 0.25) is 6.10 Å². The fourth-order valence-corrected chi connectivity index (χ4v) is 5.97. The second-order valence-electron chi connectivity index (χ2n) is 13.2. The number of aliphatic carboxylic acids is 1. The first-order valence-corrected chi connectivity index (χ1v) is 16.7. The van der Waals surface area contributed by atoms with Crippen LogP contribution in [-0.4, -0.2) is 27.3 Å². The van der Waals surface area contributed by atoms with E-state index in [4.69, 9.17) is 9.84 Å². The van der Waals surface area contributed by atoms with Crippen LogP contribution < -0.4 is 10.1 Å². The molecule has 4 aromatic carbocycles. The largest absolute Gasteiger partial charge is 0.481 e. The third kappa shape index (κ3) is 8.79. The summed E-state index contributed by atoms with van der Waals surface area (Å²) in [5, 5.41) is 12.9. The van der Waals surface area contributed by atoms with Crippen molar-refractivity contribution in [2.24, 2.45) is 11.8 Å². The van der Waals surface area contributed by atoms with E-state index in [1.807, 2.05) is 77.4 Å². The highest BCUT2D eigenvalue weighted by Gasteiger charge is 2.24. The minimum Gasteiger partial charge on any atom is -0.481 e. The predicted octanol–water partition coefficient (Wildman–Crippen LogP) is 8.89. The first-order valence-electron chi connectivity index (χ1n) is 16.7. The van der Waals surface area contributed by atoms with Gasteiger partial charge in [-0.2, -0.15) is 0 Å². The molecule has 7 nitrogen and oxygen atoms in total. The van der Waals surface area contributed by atoms with Crippen molar-refractivity contribution in [2.45, 2.75) is 66.0 Å². The van der Waals surface area contributed by atoms with Crippen molar-refractivity contribution < 1.29 is 24.2 Å². The van der Waals surface area contributed by atoms with E-state index in [1.165, 1.54) is 11.1 Å². The zero-order valence-electron chi connectivity index (χ0n) is 28.1. The summed E-state index contributed by atoms with van der Waals surface area (Å²) in [7, 11) is 0. The van der Waals surface area contributed by atoms with Gasteiger partial charge in [0, 0.05) is 52.4 Å². The maximum absolute atomic E-state index is 13.7. The molecule has 5 rings (SSSR count). The molecule has 248 valence electrons. The number of carbonyl (C=O) groups excluding carboxylic acids is 2. The number of ketones is 1. The molecule has 1 unspecified atom stereocenters. The summed E-state index contributed by atoms with van der Waals surface area (Å²) in [6.45, 7) is 9.21. The van der Waals surface area contributed by atoms with Gasteiger partial charge < -0.3 is 19.7 Å². The molecular weight excluding hydrogens is 600 g/mol. The Hall–Kier alpha value is -5.17. The van der Waals surface area contributed by atoms with Crippen molar-refractivity contribution in [1.29, 1.82) is 0 Å². The van der Waals surface area contributed by atoms with Crippen molar-refractivity contribution in [3.8, 4) is 5.75 Å². The Bertz CT molecular complexity index is 1850. The lowest BCUT2D eigenvalue weighted by atomic mass is 9.99. The fourth-order valence-electron chi connectivity index (χ4n) is 5.97. The van der Waals surface area contributed by atoms with Crippen LogP contribution in [0, 0.1) is 11.8 Å². The number of para-hydroxylation sites is 1. The number of carboxylic acids is 1. The maximum atomic E-state index is 13.7. The van der Waals surface area contributed by atoms with Crippen LogP contribution in [0.2, 0.25) is 0 Å². The van der Waals surface area contributed by atoms with Crippen LogP contribution in [-0.2, 0) is 29.0 Å². The highest BCUT2D eigenvalue weighted by Crippen LogP contribution is 2.28. The van der Waals surface area contributed by atoms with Gasteiger partial charge in [-0.1, -0.05) is 82.3 Å². The van der Waals surface area contributed by atoms with Crippen LogP contribution in [0.5, 0.6) is 5.75 Å². The quantitative estimate of drug-likeness (QED) is 0.111. The van der Waals surface area contributed by atoms with Gasteiger partial charge in [-0.05, 0) is 84.7 Å². The van der Waals surface area contributed by atoms with Gasteiger partial charge in [0.15, 0.2) is 5.78 Å². The number of rotatable bonds is 15. The van der Waals surface area contributed by atoms with Crippen LogP contribution in [0.3, 0.4) is 0 Å². The van der Waals surface area contributed by atoms with Crippen molar-refractivity contribution in [3.05, 3.63) is 131 Å². The van der Waals surface area contributed by atoms with E-state index in [9.17, 15) is 14.4 Å². The Kier molecular flexibility index (Phi) is 11.1. The molecule has 0 aliphatic carbocycles. The smallest absolute Gasteiger partial charge is 0.303 e. The number of nitrogens with one attached hydrogen (secondary N) is 1. The van der Waals surface area contributed by atoms with Gasteiger partial charge in [0.1, 0.15) is 5.75 Å². The van der Waals surface area contributed by atoms with Crippen LogP contribution >= 0.6 is 0 Å². The Labute approximate surface area is 282 Å². The number of hydrogen-bond donors (Lipinski definition) is 2. The van der Waals surface area contributed by atoms with E-state index in [0.29, 0.717) is 47.4 Å². The summed E-state index contributed by atoms with van der Waals surface area (Å²) in [6, 6.07) is 30.4. The van der Waals surface area contributed by atoms with E-state index < -0.39 is 12.1 Å². The number of aromatic nitrogens is 1. The van der Waals surface area contributed by atoms with E-state index in [0.717, 1.165) is 29.3 Å². The molecular formula is C41H44N2O5. The van der Waals surface area contributed by atoms with Crippen molar-refractivity contribution in [1.82, 2.24) is 4.57 Å². The number of ether oxygens (including phenoxy) is 1. The molecule has 5 aromatic rings. The van der Waals surface area contributed by atoms with E-state index in [2.05, 4.69) is 33.0 Å². The Morgan fingerprint density at radius 3 is 1.98 bits per heavy atom. The minimum absolute atomic E-state index is 0.0585. The molecule has 1 heterocycles. The summed E-state index contributed by atoms with van der Waals surface area (Å²) in [4.78, 5) is 38.5. The molecule has 7 heteroatoms. The molecule has 48 heavy (non-hydrogen) atoms. The molecule has 1 aromatic heterocycles. The number of anilines is 1. The van der Waals surface area contributed by atoms with Crippen LogP contribution in [0.4, 0.5) is 5.69 Å². The number of benzene rings is 4. The molecule has 0 radical (unpaired) electrons. The minimum atomic E-state index is -0.918. The lowest BCUT2D eigenvalue weighted by molar-refractivity contribution is -0.137. The number of fused-ring (bicyclic) bond motifs is 1. The van der Waals surface area contributed by atoms with E-state index >= 15 is 0 Å². The molecule has 0 fully saturated rings. The number of hydrogen-bond acceptors (Lipinski definition) is 4. The molecule has 0 aliphatic heterocycles. The van der Waals surface area contributed by atoms with E-state index in [-0.39, 0.29) is 18.1 Å². The molecule has 0 spiro atoms. The van der Waals surface area contributed by atoms with Crippen molar-refractivity contribution in [3.63, 3.8) is 0 Å². The fraction of sp³-hybridized carbons (Fsp3) is 0.293. The Morgan fingerprint density at radius 1 is 0.771 bits per heavy atom. The van der Waals surface area contributed by atoms with Crippen molar-refractivity contribution >= 4 is 34.3 Å². The summed E-state index contributed by atoms with van der Waals surface area (Å²) in [6.07, 6.45) is 3.32. The molecule has 0 saturated heterocycles. The van der Waals surface area contributed by atoms with Crippen molar-refractivity contribution in [2.75, 3.05) is 5.32 Å². The average molecular weight is 645 g/mol. The Balaban J connectivity index is 1.36. The number of amides is 1. The zero-order chi connectivity index (χ0) is 34.2. The molecule has 2 N–H and O–H groups in total. The molecule has 1 atom stereocenters. The SMILES string of the molecule is CC(C)Cc1ccc(NC(=O)C(Oc2ccc(C(=O)c3cn(CCCC(=O)O)c4ccccc34)cc2)c2ccc(CC(C)C)cc2)cc1. The predicted molar refractivity (Wildman–Crippen MR) is 191 cm³/mol. The maximum Gasteiger partial charge on any atom is 0.303 e. The third-order valence-electron chi connectivity index (χ3n) is 8.22. The van der Waals surface area contributed by atoms with Crippen LogP contribution in [0.15, 0.2) is 103 Å². The van der Waals surface area contributed by atoms with Gasteiger partial charge in [0.25, 0.3) is 5.91 Å². The lowest BCUT2D eigenvalue weighted by Gasteiger charge is -2.20. The van der Waals surface area contributed by atoms with Gasteiger partial charge in [-0.25, -0.2) is 0 Å². The monoisotopic (exact) mass is 644 g/mol. The van der Waals surface area contributed by atoms with Gasteiger partial charge in [-0.15, -0.1) is 0 Å². The molecule has 1 amide bonds. The standard InChI is InChI=1S/C41H44N2O5/c1-27(2)24-29-11-15-32(16-12-29)40(41(47)42-33-19-13-30(14-20-33)25-28(3)4)48-34-21-17-31(18-22-34)39(46)36-26-43(23-7-10-38(44)45)37-9-6-5-8-35(36)37/h5-6,8-9,11-22,26-28,40H,7,10,23-25H2,1-4H3,(H,42,47)(H,44,45). The topological polar surface area (TPSA) is 97.6 Å². The lowest BCUT2D eigenvalue weighted by Crippen LogP contribution is -2.25. The van der Waals surface area contributed by atoms with Crippen LogP contribution in [0.25, 0.3) is 10.9 Å². The molecule has 0 bridgehead atoms. The highest BCUT2D eigenvalue weighted by molar-refractivity contribution is 6.16. The summed E-state index contributed by atoms with van der Waals surface area (Å²) >= 11 is 0. The van der Waals surface area contributed by atoms with Crippen LogP contribution in [0.1, 0.15) is 79.3 Å². The normalized spacial score (nSPS) is 12.0. The molecule has 0 saturated carbocycles. The summed E-state index contributed by atoms with van der Waals surface area (Å²) in [5.74, 6) is 0.230. The van der Waals surface area contributed by atoms with Gasteiger partial charge in [-0.3, -0.25) is 14.4 Å². The van der Waals surface area contributed by atoms with Gasteiger partial charge >= 0.3 is 5.97 Å². The number of aryl methyl sites for hydroxylation is 1. The first-order chi connectivity index (χ1) is 23.1. The third-order valence-corrected chi connectivity index (χ3v) is 8.22. The Morgan fingerprint density at radius 2 is 1.38 bits per heavy atom. The zero-order valence-corrected chi connectivity index (χ0v) is 28.1. The highest BCUT2D eigenvalue weighted by atomic mass is 16.5. The average Bonchev–Trinajstić information content (AvgIpc) is 3.43. The second-order valence-corrected chi connectivity index (χ2v) is 13.2. The number of carboxylic acid groups (broad SMARTS) is 1. The summed E-state index contributed by atoms with van der Waals surface area (Å²) < 4.78 is 8.28. The number of carbonyl (C=O) groups is 3. The van der Waals surface area contributed by atoms with E-state index in [1.54, 1.807) is 30.5 Å². The van der Waals surface area contributed by atoms with Gasteiger partial charge in [0.05, 0.1) is 0 Å². The summed E-state index contributed by atoms with van der Waals surface area (Å²) in [5.41, 5.74) is 5.75. The molecule has 0 aliphatic rings.